The average molecular weight is 470 g/mol. The first-order valence-electron chi connectivity index (χ1n) is 10.3. The summed E-state index contributed by atoms with van der Waals surface area (Å²) >= 11 is 2.76. The third kappa shape index (κ3) is 5.11. The summed E-state index contributed by atoms with van der Waals surface area (Å²) in [5, 5.41) is 2.91. The van der Waals surface area contributed by atoms with Crippen molar-refractivity contribution in [3.63, 3.8) is 0 Å². The van der Waals surface area contributed by atoms with Crippen LogP contribution in [-0.4, -0.2) is 53.6 Å². The molecule has 9 heteroatoms. The summed E-state index contributed by atoms with van der Waals surface area (Å²) in [6, 6.07) is 12.4. The van der Waals surface area contributed by atoms with Crippen LogP contribution in [0.1, 0.15) is 40.0 Å². The van der Waals surface area contributed by atoms with Gasteiger partial charge in [0.2, 0.25) is 0 Å². The number of benzene rings is 2. The van der Waals surface area contributed by atoms with Crippen LogP contribution in [0.3, 0.4) is 0 Å². The lowest BCUT2D eigenvalue weighted by molar-refractivity contribution is -0.137. The molecule has 32 heavy (non-hydrogen) atoms. The molecule has 2 heterocycles. The van der Waals surface area contributed by atoms with E-state index in [1.165, 1.54) is 30.2 Å². The molecule has 1 N–H and O–H groups in total. The Morgan fingerprint density at radius 3 is 2.59 bits per heavy atom. The minimum Gasteiger partial charge on any atom is -0.468 e. The van der Waals surface area contributed by atoms with Crippen LogP contribution < -0.4 is 5.32 Å². The highest BCUT2D eigenvalue weighted by Gasteiger charge is 2.23. The number of nitrogens with one attached hydrogen (secondary N) is 1. The Morgan fingerprint density at radius 1 is 1.09 bits per heavy atom. The van der Waals surface area contributed by atoms with Crippen molar-refractivity contribution in [3.05, 3.63) is 53.6 Å². The molecule has 1 saturated heterocycles. The molecule has 3 aromatic rings. The van der Waals surface area contributed by atoms with E-state index in [4.69, 9.17) is 0 Å². The number of thioether (sulfide) groups is 1. The lowest BCUT2D eigenvalue weighted by Crippen LogP contribution is -2.36. The molecule has 1 fully saturated rings. The molecular weight excluding hydrogens is 446 g/mol. The van der Waals surface area contributed by atoms with Gasteiger partial charge in [0.25, 0.3) is 11.8 Å². The predicted molar refractivity (Wildman–Crippen MR) is 127 cm³/mol. The average Bonchev–Trinajstić information content (AvgIpc) is 3.24. The quantitative estimate of drug-likeness (QED) is 0.424. The first-order valence-corrected chi connectivity index (χ1v) is 12.2. The van der Waals surface area contributed by atoms with Crippen molar-refractivity contribution >= 4 is 56.8 Å². The topological polar surface area (TPSA) is 88.6 Å². The summed E-state index contributed by atoms with van der Waals surface area (Å²) < 4.78 is 6.31. The van der Waals surface area contributed by atoms with Crippen LogP contribution >= 0.6 is 23.1 Å². The maximum Gasteiger partial charge on any atom is 0.316 e. The number of thiazole rings is 1. The molecule has 1 aliphatic heterocycles. The summed E-state index contributed by atoms with van der Waals surface area (Å²) in [5.41, 5.74) is 2.20. The van der Waals surface area contributed by atoms with Gasteiger partial charge >= 0.3 is 5.97 Å². The summed E-state index contributed by atoms with van der Waals surface area (Å²) in [5.74, 6) is -0.530. The number of carbonyl (C=O) groups is 3. The molecule has 0 atom stereocenters. The van der Waals surface area contributed by atoms with Gasteiger partial charge in [0, 0.05) is 18.8 Å². The normalized spacial score (nSPS) is 13.7. The van der Waals surface area contributed by atoms with Crippen molar-refractivity contribution in [2.45, 2.75) is 23.6 Å². The second-order valence-corrected chi connectivity index (χ2v) is 9.63. The molecule has 4 rings (SSSR count). The summed E-state index contributed by atoms with van der Waals surface area (Å²) in [6.07, 6.45) is 3.12. The highest BCUT2D eigenvalue weighted by atomic mass is 32.2. The van der Waals surface area contributed by atoms with E-state index in [9.17, 15) is 14.4 Å². The molecule has 0 aliphatic carbocycles. The van der Waals surface area contributed by atoms with E-state index >= 15 is 0 Å². The van der Waals surface area contributed by atoms with Crippen molar-refractivity contribution in [2.75, 3.05) is 31.3 Å². The standard InChI is InChI=1S/C23H23N3O4S2/c1-30-20(27)14-31-23-25-18-10-9-15(13-19(18)32-23)24-21(28)16-7-3-4-8-17(16)22(29)26-11-5-2-6-12-26/h3-4,7-10,13H,2,5-6,11-12,14H2,1H3,(H,24,28). The van der Waals surface area contributed by atoms with Crippen molar-refractivity contribution in [2.24, 2.45) is 0 Å². The fraction of sp³-hybridized carbons (Fsp3) is 0.304. The predicted octanol–water partition coefficient (Wildman–Crippen LogP) is 4.44. The number of carbonyl (C=O) groups excluding carboxylic acids is 3. The van der Waals surface area contributed by atoms with Crippen LogP contribution in [0.25, 0.3) is 10.2 Å². The number of esters is 1. The van der Waals surface area contributed by atoms with Crippen molar-refractivity contribution in [3.8, 4) is 0 Å². The number of likely N-dealkylation sites (tertiary alicyclic amines) is 1. The van der Waals surface area contributed by atoms with Gasteiger partial charge in [0.15, 0.2) is 4.34 Å². The fourth-order valence-electron chi connectivity index (χ4n) is 3.56. The number of nitrogens with zero attached hydrogens (tertiary/aromatic N) is 2. The summed E-state index contributed by atoms with van der Waals surface area (Å²) in [7, 11) is 1.36. The Labute approximate surface area is 194 Å². The first-order chi connectivity index (χ1) is 15.5. The van der Waals surface area contributed by atoms with Gasteiger partial charge in [-0.3, -0.25) is 14.4 Å². The van der Waals surface area contributed by atoms with E-state index in [1.807, 2.05) is 17.0 Å². The number of aromatic nitrogens is 1. The van der Waals surface area contributed by atoms with E-state index < -0.39 is 0 Å². The number of methoxy groups -OCH3 is 1. The molecular formula is C23H23N3O4S2. The Hall–Kier alpha value is -2.91. The van der Waals surface area contributed by atoms with Crippen LogP contribution in [0.15, 0.2) is 46.8 Å². The molecule has 2 amide bonds. The highest BCUT2D eigenvalue weighted by Crippen LogP contribution is 2.31. The van der Waals surface area contributed by atoms with Gasteiger partial charge in [-0.05, 0) is 49.6 Å². The second-order valence-electron chi connectivity index (χ2n) is 7.38. The van der Waals surface area contributed by atoms with E-state index in [-0.39, 0.29) is 23.5 Å². The third-order valence-electron chi connectivity index (χ3n) is 5.21. The largest absolute Gasteiger partial charge is 0.468 e. The minimum absolute atomic E-state index is 0.0966. The highest BCUT2D eigenvalue weighted by molar-refractivity contribution is 8.01. The fourth-order valence-corrected chi connectivity index (χ4v) is 5.50. The van der Waals surface area contributed by atoms with E-state index in [0.29, 0.717) is 16.8 Å². The molecule has 2 aromatic carbocycles. The molecule has 0 unspecified atom stereocenters. The molecule has 1 aliphatic rings. The number of rotatable bonds is 6. The number of hydrogen-bond acceptors (Lipinski definition) is 7. The zero-order valence-corrected chi connectivity index (χ0v) is 19.3. The summed E-state index contributed by atoms with van der Waals surface area (Å²) in [4.78, 5) is 43.7. The van der Waals surface area contributed by atoms with Gasteiger partial charge in [-0.1, -0.05) is 23.9 Å². The third-order valence-corrected chi connectivity index (χ3v) is 7.35. The van der Waals surface area contributed by atoms with Crippen molar-refractivity contribution in [1.82, 2.24) is 9.88 Å². The van der Waals surface area contributed by atoms with Gasteiger partial charge in [-0.15, -0.1) is 11.3 Å². The molecule has 0 saturated carbocycles. The van der Waals surface area contributed by atoms with Crippen LogP contribution in [0.2, 0.25) is 0 Å². The Morgan fingerprint density at radius 2 is 1.84 bits per heavy atom. The lowest BCUT2D eigenvalue weighted by atomic mass is 10.0. The van der Waals surface area contributed by atoms with Crippen molar-refractivity contribution in [1.29, 1.82) is 0 Å². The van der Waals surface area contributed by atoms with Crippen LogP contribution in [0.5, 0.6) is 0 Å². The number of fused-ring (bicyclic) bond motifs is 1. The zero-order chi connectivity index (χ0) is 22.5. The number of hydrogen-bond donors (Lipinski definition) is 1. The smallest absolute Gasteiger partial charge is 0.316 e. The van der Waals surface area contributed by atoms with Gasteiger partial charge < -0.3 is 15.0 Å². The van der Waals surface area contributed by atoms with Gasteiger partial charge in [-0.25, -0.2) is 4.98 Å². The maximum absolute atomic E-state index is 13.0. The second kappa shape index (κ2) is 10.1. The van der Waals surface area contributed by atoms with E-state index in [0.717, 1.165) is 46.9 Å². The molecule has 1 aromatic heterocycles. The Balaban J connectivity index is 1.50. The molecule has 0 spiro atoms. The van der Waals surface area contributed by atoms with Crippen LogP contribution in [-0.2, 0) is 9.53 Å². The first kappa shape index (κ1) is 22.3. The molecule has 0 radical (unpaired) electrons. The number of ether oxygens (including phenoxy) is 1. The van der Waals surface area contributed by atoms with Crippen LogP contribution in [0.4, 0.5) is 5.69 Å². The van der Waals surface area contributed by atoms with E-state index in [2.05, 4.69) is 15.0 Å². The summed E-state index contributed by atoms with van der Waals surface area (Å²) in [6.45, 7) is 1.46. The van der Waals surface area contributed by atoms with Gasteiger partial charge in [0.05, 0.1) is 34.2 Å². The lowest BCUT2D eigenvalue weighted by Gasteiger charge is -2.27. The van der Waals surface area contributed by atoms with Gasteiger partial charge in [0.1, 0.15) is 0 Å². The molecule has 7 nitrogen and oxygen atoms in total. The van der Waals surface area contributed by atoms with E-state index in [1.54, 1.807) is 30.3 Å². The number of piperidine rings is 1. The SMILES string of the molecule is COC(=O)CSc1nc2ccc(NC(=O)c3ccccc3C(=O)N3CCCCC3)cc2s1. The Kier molecular flexibility index (Phi) is 7.06. The van der Waals surface area contributed by atoms with Gasteiger partial charge in [-0.2, -0.15) is 0 Å². The number of amides is 2. The Bertz CT molecular complexity index is 1160. The molecule has 0 bridgehead atoms. The molecule has 166 valence electrons. The number of anilines is 1. The van der Waals surface area contributed by atoms with Crippen molar-refractivity contribution < 1.29 is 19.1 Å². The minimum atomic E-state index is -0.324. The monoisotopic (exact) mass is 469 g/mol. The van der Waals surface area contributed by atoms with Crippen LogP contribution in [0, 0.1) is 0 Å². The zero-order valence-electron chi connectivity index (χ0n) is 17.6. The maximum atomic E-state index is 13.0.